The SMILES string of the molecule is CN(CC/C(N)=N/O)C(=O)Cc1cccc2ccccc12. The molecule has 0 aromatic heterocycles. The van der Waals surface area contributed by atoms with Crippen LogP contribution in [0.5, 0.6) is 0 Å². The fraction of sp³-hybridized carbons (Fsp3) is 0.250. The maximum Gasteiger partial charge on any atom is 0.226 e. The van der Waals surface area contributed by atoms with Crippen molar-refractivity contribution in [2.75, 3.05) is 13.6 Å². The van der Waals surface area contributed by atoms with Crippen molar-refractivity contribution in [2.45, 2.75) is 12.8 Å². The first-order valence-electron chi connectivity index (χ1n) is 6.79. The van der Waals surface area contributed by atoms with Gasteiger partial charge in [-0.1, -0.05) is 47.6 Å². The van der Waals surface area contributed by atoms with Crippen molar-refractivity contribution in [3.63, 3.8) is 0 Å². The van der Waals surface area contributed by atoms with Crippen LogP contribution in [-0.4, -0.2) is 35.4 Å². The summed E-state index contributed by atoms with van der Waals surface area (Å²) in [6.07, 6.45) is 0.697. The number of amidine groups is 1. The Hall–Kier alpha value is -2.56. The second kappa shape index (κ2) is 6.74. The molecule has 5 heteroatoms. The molecule has 0 saturated heterocycles. The summed E-state index contributed by atoms with van der Waals surface area (Å²) in [6.45, 7) is 0.430. The van der Waals surface area contributed by atoms with Crippen molar-refractivity contribution in [1.82, 2.24) is 4.90 Å². The van der Waals surface area contributed by atoms with Gasteiger partial charge >= 0.3 is 0 Å². The normalized spacial score (nSPS) is 11.6. The molecule has 0 saturated carbocycles. The summed E-state index contributed by atoms with van der Waals surface area (Å²) in [5.41, 5.74) is 6.42. The Morgan fingerprint density at radius 1 is 1.24 bits per heavy atom. The monoisotopic (exact) mass is 285 g/mol. The van der Waals surface area contributed by atoms with E-state index in [1.807, 2.05) is 42.5 Å². The lowest BCUT2D eigenvalue weighted by Gasteiger charge is -2.17. The quantitative estimate of drug-likeness (QED) is 0.381. The lowest BCUT2D eigenvalue weighted by molar-refractivity contribution is -0.129. The summed E-state index contributed by atoms with van der Waals surface area (Å²) in [5, 5.41) is 13.6. The van der Waals surface area contributed by atoms with Gasteiger partial charge in [0.25, 0.3) is 0 Å². The van der Waals surface area contributed by atoms with Gasteiger partial charge in [0.2, 0.25) is 5.91 Å². The summed E-state index contributed by atoms with van der Waals surface area (Å²) in [4.78, 5) is 13.8. The third-order valence-corrected chi connectivity index (χ3v) is 3.48. The van der Waals surface area contributed by atoms with Crippen molar-refractivity contribution in [2.24, 2.45) is 10.9 Å². The fourth-order valence-electron chi connectivity index (χ4n) is 2.20. The van der Waals surface area contributed by atoms with Gasteiger partial charge in [-0.15, -0.1) is 0 Å². The number of nitrogens with two attached hydrogens (primary N) is 1. The second-order valence-electron chi connectivity index (χ2n) is 4.97. The highest BCUT2D eigenvalue weighted by molar-refractivity contribution is 5.90. The average molecular weight is 285 g/mol. The summed E-state index contributed by atoms with van der Waals surface area (Å²) >= 11 is 0. The third-order valence-electron chi connectivity index (χ3n) is 3.48. The molecule has 0 unspecified atom stereocenters. The van der Waals surface area contributed by atoms with Crippen molar-refractivity contribution in [1.29, 1.82) is 0 Å². The molecule has 0 fully saturated rings. The number of nitrogens with zero attached hydrogens (tertiary/aromatic N) is 2. The molecular formula is C16H19N3O2. The molecule has 110 valence electrons. The highest BCUT2D eigenvalue weighted by Crippen LogP contribution is 2.19. The second-order valence-corrected chi connectivity index (χ2v) is 4.97. The minimum Gasteiger partial charge on any atom is -0.409 e. The Morgan fingerprint density at radius 3 is 2.71 bits per heavy atom. The molecular weight excluding hydrogens is 266 g/mol. The number of likely N-dealkylation sites (N-methyl/N-ethyl adjacent to an activating group) is 1. The van der Waals surface area contributed by atoms with Crippen LogP contribution in [0.4, 0.5) is 0 Å². The van der Waals surface area contributed by atoms with Crippen molar-refractivity contribution >= 4 is 22.5 Å². The number of fused-ring (bicyclic) bond motifs is 1. The molecule has 0 bridgehead atoms. The maximum atomic E-state index is 12.2. The number of hydrogen-bond acceptors (Lipinski definition) is 3. The molecule has 0 heterocycles. The van der Waals surface area contributed by atoms with Crippen LogP contribution in [0.1, 0.15) is 12.0 Å². The van der Waals surface area contributed by atoms with E-state index in [0.717, 1.165) is 16.3 Å². The smallest absolute Gasteiger partial charge is 0.226 e. The first kappa shape index (κ1) is 14.8. The van der Waals surface area contributed by atoms with Crippen LogP contribution in [0, 0.1) is 0 Å². The Bertz CT molecular complexity index is 662. The fourth-order valence-corrected chi connectivity index (χ4v) is 2.20. The van der Waals surface area contributed by atoms with E-state index in [0.29, 0.717) is 19.4 Å². The van der Waals surface area contributed by atoms with Crippen LogP contribution in [-0.2, 0) is 11.2 Å². The largest absolute Gasteiger partial charge is 0.409 e. The molecule has 0 aliphatic heterocycles. The Morgan fingerprint density at radius 2 is 1.95 bits per heavy atom. The van der Waals surface area contributed by atoms with E-state index < -0.39 is 0 Å². The summed E-state index contributed by atoms with van der Waals surface area (Å²) in [7, 11) is 1.72. The first-order valence-corrected chi connectivity index (χ1v) is 6.79. The molecule has 0 radical (unpaired) electrons. The Kier molecular flexibility index (Phi) is 4.77. The van der Waals surface area contributed by atoms with Crippen molar-refractivity contribution in [3.8, 4) is 0 Å². The van der Waals surface area contributed by atoms with Gasteiger partial charge in [0.1, 0.15) is 5.84 Å². The molecule has 0 aliphatic rings. The summed E-state index contributed by atoms with van der Waals surface area (Å²) in [5.74, 6) is 0.136. The molecule has 2 rings (SSSR count). The molecule has 0 aliphatic carbocycles. The highest BCUT2D eigenvalue weighted by Gasteiger charge is 2.11. The number of hydrogen-bond donors (Lipinski definition) is 2. The number of oxime groups is 1. The minimum absolute atomic E-state index is 0.0112. The number of carbonyl (C=O) groups is 1. The number of amides is 1. The topological polar surface area (TPSA) is 78.9 Å². The van der Waals surface area contributed by atoms with Crippen LogP contribution in [0.15, 0.2) is 47.6 Å². The van der Waals surface area contributed by atoms with Gasteiger partial charge in [0.05, 0.1) is 6.42 Å². The predicted octanol–water partition coefficient (Wildman–Crippen LogP) is 1.98. The molecule has 2 aromatic carbocycles. The van der Waals surface area contributed by atoms with E-state index >= 15 is 0 Å². The van der Waals surface area contributed by atoms with Crippen LogP contribution in [0.2, 0.25) is 0 Å². The average Bonchev–Trinajstić information content (AvgIpc) is 2.52. The molecule has 2 aromatic rings. The standard InChI is InChI=1S/C16H19N3O2/c1-19(10-9-15(17)18-21)16(20)11-13-7-4-6-12-5-2-3-8-14(12)13/h2-8,21H,9-11H2,1H3,(H2,17,18). The first-order chi connectivity index (χ1) is 10.1. The molecule has 0 atom stereocenters. The van der Waals surface area contributed by atoms with E-state index in [-0.39, 0.29) is 11.7 Å². The van der Waals surface area contributed by atoms with Gasteiger partial charge in [0, 0.05) is 20.0 Å². The zero-order chi connectivity index (χ0) is 15.2. The van der Waals surface area contributed by atoms with Crippen LogP contribution >= 0.6 is 0 Å². The number of benzene rings is 2. The van der Waals surface area contributed by atoms with E-state index in [9.17, 15) is 4.79 Å². The van der Waals surface area contributed by atoms with Crippen LogP contribution < -0.4 is 5.73 Å². The van der Waals surface area contributed by atoms with E-state index in [4.69, 9.17) is 10.9 Å². The lowest BCUT2D eigenvalue weighted by Crippen LogP contribution is -2.31. The number of rotatable bonds is 5. The van der Waals surface area contributed by atoms with Crippen molar-refractivity contribution in [3.05, 3.63) is 48.0 Å². The van der Waals surface area contributed by atoms with Crippen molar-refractivity contribution < 1.29 is 10.0 Å². The summed E-state index contributed by atoms with van der Waals surface area (Å²) < 4.78 is 0. The maximum absolute atomic E-state index is 12.2. The lowest BCUT2D eigenvalue weighted by atomic mass is 10.0. The van der Waals surface area contributed by atoms with E-state index in [1.54, 1.807) is 11.9 Å². The zero-order valence-electron chi connectivity index (χ0n) is 12.0. The molecule has 5 nitrogen and oxygen atoms in total. The van der Waals surface area contributed by atoms with Gasteiger partial charge in [-0.3, -0.25) is 4.79 Å². The van der Waals surface area contributed by atoms with Crippen LogP contribution in [0.3, 0.4) is 0 Å². The molecule has 3 N–H and O–H groups in total. The van der Waals surface area contributed by atoms with Crippen LogP contribution in [0.25, 0.3) is 10.8 Å². The highest BCUT2D eigenvalue weighted by atomic mass is 16.4. The zero-order valence-corrected chi connectivity index (χ0v) is 12.0. The summed E-state index contributed by atoms with van der Waals surface area (Å²) in [6, 6.07) is 14.0. The molecule has 0 spiro atoms. The van der Waals surface area contributed by atoms with E-state index in [2.05, 4.69) is 5.16 Å². The van der Waals surface area contributed by atoms with Gasteiger partial charge in [-0.2, -0.15) is 0 Å². The third kappa shape index (κ3) is 3.72. The van der Waals surface area contributed by atoms with Gasteiger partial charge in [0.15, 0.2) is 0 Å². The van der Waals surface area contributed by atoms with E-state index in [1.165, 1.54) is 0 Å². The minimum atomic E-state index is 0.0112. The van der Waals surface area contributed by atoms with Gasteiger partial charge in [-0.05, 0) is 16.3 Å². The van der Waals surface area contributed by atoms with Gasteiger partial charge in [-0.25, -0.2) is 0 Å². The predicted molar refractivity (Wildman–Crippen MR) is 83.3 cm³/mol. The molecule has 1 amide bonds. The van der Waals surface area contributed by atoms with Gasteiger partial charge < -0.3 is 15.8 Å². The Labute approximate surface area is 123 Å². The molecule has 21 heavy (non-hydrogen) atoms. The Balaban J connectivity index is 2.07. The number of carbonyl (C=O) groups excluding carboxylic acids is 1.